The maximum absolute atomic E-state index is 12.8. The first-order valence-corrected chi connectivity index (χ1v) is 7.74. The number of hydrogen-bond acceptors (Lipinski definition) is 4. The molecule has 0 bridgehead atoms. The first-order chi connectivity index (χ1) is 10.5. The minimum absolute atomic E-state index is 0.111. The summed E-state index contributed by atoms with van der Waals surface area (Å²) in [4.78, 5) is 32.3. The summed E-state index contributed by atoms with van der Waals surface area (Å²) in [5, 5.41) is 9.31. The number of carbonyl (C=O) groups is 2. The average molecular weight is 303 g/mol. The van der Waals surface area contributed by atoms with Gasteiger partial charge in [0.25, 0.3) is 5.91 Å². The van der Waals surface area contributed by atoms with Crippen molar-refractivity contribution in [2.75, 3.05) is 31.1 Å². The van der Waals surface area contributed by atoms with Crippen LogP contribution in [0, 0.1) is 5.41 Å². The summed E-state index contributed by atoms with van der Waals surface area (Å²) in [5.74, 6) is -0.220. The van der Waals surface area contributed by atoms with Crippen molar-refractivity contribution in [2.24, 2.45) is 5.41 Å². The Kier molecular flexibility index (Phi) is 3.76. The molecule has 0 aromatic carbocycles. The molecule has 2 saturated heterocycles. The van der Waals surface area contributed by atoms with E-state index in [-0.39, 0.29) is 12.5 Å². The molecular formula is C16H21N3O3. The number of pyridine rings is 1. The van der Waals surface area contributed by atoms with Crippen LogP contribution in [0.15, 0.2) is 18.3 Å². The van der Waals surface area contributed by atoms with E-state index in [1.165, 1.54) is 0 Å². The van der Waals surface area contributed by atoms with Crippen LogP contribution in [0.4, 0.5) is 5.82 Å². The fourth-order valence-electron chi connectivity index (χ4n) is 3.22. The van der Waals surface area contributed by atoms with Gasteiger partial charge in [0.15, 0.2) is 0 Å². The van der Waals surface area contributed by atoms with Crippen LogP contribution in [0.2, 0.25) is 0 Å². The van der Waals surface area contributed by atoms with E-state index in [1.807, 2.05) is 0 Å². The first-order valence-electron chi connectivity index (χ1n) is 7.74. The van der Waals surface area contributed by atoms with Gasteiger partial charge in [-0.2, -0.15) is 0 Å². The van der Waals surface area contributed by atoms with Gasteiger partial charge in [-0.05, 0) is 38.3 Å². The molecule has 0 aliphatic carbocycles. The molecule has 1 aromatic heterocycles. The van der Waals surface area contributed by atoms with E-state index >= 15 is 0 Å². The van der Waals surface area contributed by atoms with Crippen LogP contribution >= 0.6 is 0 Å². The number of amides is 1. The highest BCUT2D eigenvalue weighted by Crippen LogP contribution is 2.32. The Morgan fingerprint density at radius 1 is 1.27 bits per heavy atom. The molecule has 0 spiro atoms. The first kappa shape index (κ1) is 14.8. The third kappa shape index (κ3) is 2.53. The van der Waals surface area contributed by atoms with Crippen molar-refractivity contribution in [3.05, 3.63) is 23.9 Å². The molecule has 1 amide bonds. The second-order valence-corrected chi connectivity index (χ2v) is 6.41. The van der Waals surface area contributed by atoms with Crippen molar-refractivity contribution in [3.63, 3.8) is 0 Å². The van der Waals surface area contributed by atoms with Gasteiger partial charge in [-0.1, -0.05) is 0 Å². The van der Waals surface area contributed by atoms with Crippen LogP contribution in [0.5, 0.6) is 0 Å². The van der Waals surface area contributed by atoms with E-state index in [1.54, 1.807) is 30.2 Å². The van der Waals surface area contributed by atoms with Crippen molar-refractivity contribution in [3.8, 4) is 0 Å². The molecular weight excluding hydrogens is 282 g/mol. The average Bonchev–Trinajstić information content (AvgIpc) is 3.17. The Hall–Kier alpha value is -2.11. The molecule has 2 fully saturated rings. The number of anilines is 1. The molecule has 6 nitrogen and oxygen atoms in total. The lowest BCUT2D eigenvalue weighted by Crippen LogP contribution is -2.35. The van der Waals surface area contributed by atoms with E-state index < -0.39 is 11.4 Å². The fraction of sp³-hybridized carbons (Fsp3) is 0.562. The molecule has 1 atom stereocenters. The molecule has 22 heavy (non-hydrogen) atoms. The lowest BCUT2D eigenvalue weighted by Gasteiger charge is -2.23. The van der Waals surface area contributed by atoms with Crippen molar-refractivity contribution >= 4 is 17.7 Å². The number of carboxylic acids is 1. The van der Waals surface area contributed by atoms with Crippen LogP contribution in [-0.2, 0) is 4.79 Å². The number of aliphatic carboxylic acids is 1. The second kappa shape index (κ2) is 5.59. The summed E-state index contributed by atoms with van der Waals surface area (Å²) in [6.07, 6.45) is 4.43. The van der Waals surface area contributed by atoms with Gasteiger partial charge >= 0.3 is 5.97 Å². The van der Waals surface area contributed by atoms with Crippen LogP contribution in [-0.4, -0.2) is 53.0 Å². The monoisotopic (exact) mass is 303 g/mol. The predicted octanol–water partition coefficient (Wildman–Crippen LogP) is 1.62. The third-order valence-electron chi connectivity index (χ3n) is 4.70. The van der Waals surface area contributed by atoms with Crippen molar-refractivity contribution in [2.45, 2.75) is 26.2 Å². The number of carboxylic acid groups (broad SMARTS) is 1. The molecule has 1 N–H and O–H groups in total. The highest BCUT2D eigenvalue weighted by molar-refractivity contribution is 5.99. The topological polar surface area (TPSA) is 73.7 Å². The Bertz CT molecular complexity index is 598. The lowest BCUT2D eigenvalue weighted by atomic mass is 9.90. The fourth-order valence-corrected chi connectivity index (χ4v) is 3.22. The zero-order valence-corrected chi connectivity index (χ0v) is 12.8. The number of aromatic nitrogens is 1. The Morgan fingerprint density at radius 2 is 2.00 bits per heavy atom. The summed E-state index contributed by atoms with van der Waals surface area (Å²) in [6, 6.07) is 3.55. The highest BCUT2D eigenvalue weighted by atomic mass is 16.4. The molecule has 0 saturated carbocycles. The molecule has 3 rings (SSSR count). The van der Waals surface area contributed by atoms with Gasteiger partial charge < -0.3 is 14.9 Å². The number of likely N-dealkylation sites (tertiary alicyclic amines) is 1. The van der Waals surface area contributed by atoms with Crippen LogP contribution < -0.4 is 4.90 Å². The van der Waals surface area contributed by atoms with E-state index in [9.17, 15) is 14.7 Å². The van der Waals surface area contributed by atoms with E-state index in [4.69, 9.17) is 0 Å². The summed E-state index contributed by atoms with van der Waals surface area (Å²) in [7, 11) is 0. The molecule has 118 valence electrons. The maximum Gasteiger partial charge on any atom is 0.311 e. The Labute approximate surface area is 129 Å². The van der Waals surface area contributed by atoms with Crippen molar-refractivity contribution in [1.29, 1.82) is 0 Å². The zero-order chi connectivity index (χ0) is 15.7. The molecule has 1 aromatic rings. The third-order valence-corrected chi connectivity index (χ3v) is 4.70. The standard InChI is InChI=1S/C16H21N3O3/c1-16(15(21)22)6-10-19(11-16)14(20)12-5-4-7-17-13(12)18-8-2-3-9-18/h4-5,7H,2-3,6,8-11H2,1H3,(H,21,22). The van der Waals surface area contributed by atoms with Crippen LogP contribution in [0.25, 0.3) is 0 Å². The molecule has 1 unspecified atom stereocenters. The van der Waals surface area contributed by atoms with Crippen LogP contribution in [0.3, 0.4) is 0 Å². The number of hydrogen-bond donors (Lipinski definition) is 1. The molecule has 2 aliphatic rings. The maximum atomic E-state index is 12.8. The normalized spacial score (nSPS) is 24.8. The summed E-state index contributed by atoms with van der Waals surface area (Å²) in [6.45, 7) is 4.28. The van der Waals surface area contributed by atoms with E-state index in [0.717, 1.165) is 31.7 Å². The van der Waals surface area contributed by atoms with Gasteiger partial charge in [-0.25, -0.2) is 4.98 Å². The largest absolute Gasteiger partial charge is 0.481 e. The Balaban J connectivity index is 1.83. The summed E-state index contributed by atoms with van der Waals surface area (Å²) >= 11 is 0. The molecule has 2 aliphatic heterocycles. The van der Waals surface area contributed by atoms with Gasteiger partial charge in [0.2, 0.25) is 0 Å². The van der Waals surface area contributed by atoms with Gasteiger partial charge in [-0.3, -0.25) is 9.59 Å². The van der Waals surface area contributed by atoms with E-state index in [0.29, 0.717) is 18.5 Å². The lowest BCUT2D eigenvalue weighted by molar-refractivity contribution is -0.147. The molecule has 0 radical (unpaired) electrons. The van der Waals surface area contributed by atoms with Gasteiger partial charge in [0.05, 0.1) is 11.0 Å². The van der Waals surface area contributed by atoms with Crippen molar-refractivity contribution in [1.82, 2.24) is 9.88 Å². The minimum atomic E-state index is -0.842. The number of nitrogens with zero attached hydrogens (tertiary/aromatic N) is 3. The molecule has 3 heterocycles. The predicted molar refractivity (Wildman–Crippen MR) is 81.9 cm³/mol. The SMILES string of the molecule is CC1(C(=O)O)CCN(C(=O)c2cccnc2N2CCCC2)C1. The van der Waals surface area contributed by atoms with Gasteiger partial charge in [-0.15, -0.1) is 0 Å². The number of rotatable bonds is 3. The second-order valence-electron chi connectivity index (χ2n) is 6.41. The van der Waals surface area contributed by atoms with Crippen molar-refractivity contribution < 1.29 is 14.7 Å². The minimum Gasteiger partial charge on any atom is -0.481 e. The summed E-state index contributed by atoms with van der Waals surface area (Å²) in [5.41, 5.74) is -0.259. The van der Waals surface area contributed by atoms with Crippen LogP contribution in [0.1, 0.15) is 36.5 Å². The zero-order valence-electron chi connectivity index (χ0n) is 12.8. The molecule has 6 heteroatoms. The highest BCUT2D eigenvalue weighted by Gasteiger charge is 2.42. The quantitative estimate of drug-likeness (QED) is 0.918. The number of carbonyl (C=O) groups excluding carboxylic acids is 1. The summed E-state index contributed by atoms with van der Waals surface area (Å²) < 4.78 is 0. The Morgan fingerprint density at radius 3 is 2.64 bits per heavy atom. The van der Waals surface area contributed by atoms with Gasteiger partial charge in [0, 0.05) is 32.4 Å². The van der Waals surface area contributed by atoms with E-state index in [2.05, 4.69) is 9.88 Å². The smallest absolute Gasteiger partial charge is 0.311 e. The van der Waals surface area contributed by atoms with Gasteiger partial charge in [0.1, 0.15) is 5.82 Å².